The second-order valence-electron chi connectivity index (χ2n) is 32.5. The third kappa shape index (κ3) is 63.8. The molecule has 2 N–H and O–H groups in total. The molecule has 0 saturated carbocycles. The summed E-state index contributed by atoms with van der Waals surface area (Å²) in [7, 11) is 0. The monoisotopic (exact) mass is 1510 g/mol. The fourth-order valence-corrected chi connectivity index (χ4v) is 14.9. The lowest BCUT2D eigenvalue weighted by Gasteiger charge is -2.23. The van der Waals surface area contributed by atoms with E-state index in [1.165, 1.54) is 180 Å². The Labute approximate surface area is 657 Å². The first-order valence-corrected chi connectivity index (χ1v) is 46.3. The first-order chi connectivity index (χ1) is 52.4. The summed E-state index contributed by atoms with van der Waals surface area (Å²) in [5.41, 5.74) is 0. The fraction of sp³-hybridized carbons (Fsp3) is 0.903. The van der Waals surface area contributed by atoms with Crippen molar-refractivity contribution in [2.75, 3.05) is 13.2 Å². The average Bonchev–Trinajstić information content (AvgIpc) is 1.70. The number of esters is 5. The number of aliphatic hydroxyl groups is 2. The molecule has 14 nitrogen and oxygen atoms in total. The van der Waals surface area contributed by atoms with Crippen molar-refractivity contribution in [3.63, 3.8) is 0 Å². The molecule has 0 bridgehead atoms. The number of carbonyl (C=O) groups excluding carboxylic acids is 5. The van der Waals surface area contributed by atoms with E-state index in [0.29, 0.717) is 70.0 Å². The quantitative estimate of drug-likeness (QED) is 0.0192. The summed E-state index contributed by atoms with van der Waals surface area (Å²) in [5, 5.41) is 22.8. The molecule has 2 fully saturated rings. The van der Waals surface area contributed by atoms with Crippen molar-refractivity contribution in [1.82, 2.24) is 0 Å². The molecule has 0 amide bonds. The van der Waals surface area contributed by atoms with Crippen molar-refractivity contribution >= 4 is 29.8 Å². The highest BCUT2D eigenvalue weighted by molar-refractivity contribution is 5.71. The number of rotatable bonds is 83. The standard InChI is InChI=1S/C93H170O14/c1-6-11-16-20-24-26-28-30-32-34-36-38-40-50-64-75-92(99)106-83(67-57-46-22-18-13-8-3)81(94)66-56-45-42-54-63-74-91(98)103-80(79-102-90(97)73-62-53-44-49-60-71-86-85(104-86)70-59-47-23-19-14-9-4)78-101-89(96)72-61-52-43-48-58-68-84(82(95)77-88-87(105-88)69-55-15-10-5)107-93(100)76-65-51-41-39-37-35-33-31-29-27-25-21-17-12-7-2/h30-33,80-88,94-95H,6-29,34-79H2,1-5H3/b32-30-,33-31-. The van der Waals surface area contributed by atoms with Gasteiger partial charge >= 0.3 is 29.8 Å². The molecule has 626 valence electrons. The third-order valence-corrected chi connectivity index (χ3v) is 22.1. The summed E-state index contributed by atoms with van der Waals surface area (Å²) in [5.74, 6) is -1.63. The number of unbranched alkanes of at least 4 members (excludes halogenated alkanes) is 46. The van der Waals surface area contributed by atoms with Crippen LogP contribution in [0.5, 0.6) is 0 Å². The molecule has 9 unspecified atom stereocenters. The predicted molar refractivity (Wildman–Crippen MR) is 441 cm³/mol. The van der Waals surface area contributed by atoms with Crippen molar-refractivity contribution in [2.45, 2.75) is 526 Å². The van der Waals surface area contributed by atoms with Gasteiger partial charge in [-0.05, 0) is 135 Å². The molecule has 2 aliphatic rings. The van der Waals surface area contributed by atoms with E-state index in [1.54, 1.807) is 0 Å². The van der Waals surface area contributed by atoms with Crippen LogP contribution < -0.4 is 0 Å². The van der Waals surface area contributed by atoms with Crippen LogP contribution in [0.1, 0.15) is 471 Å². The average molecular weight is 1510 g/mol. The van der Waals surface area contributed by atoms with E-state index in [0.717, 1.165) is 180 Å². The smallest absolute Gasteiger partial charge is 0.306 e. The van der Waals surface area contributed by atoms with Gasteiger partial charge in [0.1, 0.15) is 25.4 Å². The molecular formula is C93H170O14. The molecular weight excluding hydrogens is 1340 g/mol. The van der Waals surface area contributed by atoms with Crippen molar-refractivity contribution in [3.8, 4) is 0 Å². The number of hydrogen-bond acceptors (Lipinski definition) is 14. The van der Waals surface area contributed by atoms with Crippen LogP contribution in [0.4, 0.5) is 0 Å². The lowest BCUT2D eigenvalue weighted by atomic mass is 9.99. The van der Waals surface area contributed by atoms with E-state index in [-0.39, 0.29) is 62.6 Å². The first-order valence-electron chi connectivity index (χ1n) is 46.3. The van der Waals surface area contributed by atoms with Gasteiger partial charge in [-0.15, -0.1) is 0 Å². The summed E-state index contributed by atoms with van der Waals surface area (Å²) in [4.78, 5) is 65.8. The van der Waals surface area contributed by atoms with Crippen LogP contribution in [-0.4, -0.2) is 108 Å². The Morgan fingerprint density at radius 3 is 0.897 bits per heavy atom. The van der Waals surface area contributed by atoms with Crippen LogP contribution in [0.25, 0.3) is 0 Å². The number of ether oxygens (including phenoxy) is 7. The topological polar surface area (TPSA) is 197 Å². The molecule has 0 spiro atoms. The Morgan fingerprint density at radius 1 is 0.280 bits per heavy atom. The molecule has 107 heavy (non-hydrogen) atoms. The van der Waals surface area contributed by atoms with Gasteiger partial charge in [-0.3, -0.25) is 24.0 Å². The Kier molecular flexibility index (Phi) is 69.1. The van der Waals surface area contributed by atoms with Gasteiger partial charge in [0.15, 0.2) is 6.10 Å². The van der Waals surface area contributed by atoms with Gasteiger partial charge in [0.2, 0.25) is 0 Å². The summed E-state index contributed by atoms with van der Waals surface area (Å²) >= 11 is 0. The summed E-state index contributed by atoms with van der Waals surface area (Å²) in [6.45, 7) is 10.8. The van der Waals surface area contributed by atoms with E-state index in [2.05, 4.69) is 58.9 Å². The minimum Gasteiger partial charge on any atom is -0.462 e. The zero-order chi connectivity index (χ0) is 77.4. The Bertz CT molecular complexity index is 2100. The van der Waals surface area contributed by atoms with Crippen LogP contribution in [0.2, 0.25) is 0 Å². The lowest BCUT2D eigenvalue weighted by Crippen LogP contribution is -2.32. The van der Waals surface area contributed by atoms with E-state index in [1.807, 2.05) is 0 Å². The number of hydrogen-bond donors (Lipinski definition) is 2. The maximum Gasteiger partial charge on any atom is 0.306 e. The highest BCUT2D eigenvalue weighted by atomic mass is 16.6. The van der Waals surface area contributed by atoms with Crippen molar-refractivity contribution in [2.24, 2.45) is 0 Å². The molecule has 0 aromatic carbocycles. The molecule has 0 radical (unpaired) electrons. The van der Waals surface area contributed by atoms with E-state index >= 15 is 0 Å². The van der Waals surface area contributed by atoms with E-state index in [4.69, 9.17) is 33.2 Å². The molecule has 2 aliphatic heterocycles. The maximum absolute atomic E-state index is 13.3. The van der Waals surface area contributed by atoms with Crippen LogP contribution in [0, 0.1) is 0 Å². The number of epoxide rings is 2. The molecule has 14 heteroatoms. The SMILES string of the molecule is CCCCCCCC/C=C\CCCCCCCC(=O)OC(CCCCCCCC)C(O)CCCCCCCC(=O)OC(COC(=O)CCCCCCCC(OC(=O)CCCCCCC/C=C\CCCCCCCC)C(O)CC1OC1CCCCC)COC(=O)CCCCCCCC1OC1CCCCCCCC. The molecule has 0 aromatic rings. The Balaban J connectivity index is 1.83. The summed E-state index contributed by atoms with van der Waals surface area (Å²) in [6.07, 6.45) is 76.0. The largest absolute Gasteiger partial charge is 0.462 e. The number of allylic oxidation sites excluding steroid dienone is 4. The zero-order valence-electron chi connectivity index (χ0n) is 70.3. The minimum atomic E-state index is -0.926. The van der Waals surface area contributed by atoms with Crippen LogP contribution in [0.3, 0.4) is 0 Å². The minimum absolute atomic E-state index is 0.0128. The second kappa shape index (κ2) is 74.1. The highest BCUT2D eigenvalue weighted by Crippen LogP contribution is 2.34. The molecule has 2 heterocycles. The van der Waals surface area contributed by atoms with Gasteiger partial charge in [-0.1, -0.05) is 322 Å². The number of carbonyl (C=O) groups is 5. The maximum atomic E-state index is 13.3. The third-order valence-electron chi connectivity index (χ3n) is 22.1. The second-order valence-corrected chi connectivity index (χ2v) is 32.5. The van der Waals surface area contributed by atoms with Crippen molar-refractivity contribution in [1.29, 1.82) is 0 Å². The zero-order valence-corrected chi connectivity index (χ0v) is 70.3. The van der Waals surface area contributed by atoms with Gasteiger partial charge in [0.05, 0.1) is 36.6 Å². The highest BCUT2D eigenvalue weighted by Gasteiger charge is 2.41. The summed E-state index contributed by atoms with van der Waals surface area (Å²) in [6, 6.07) is 0. The molecule has 9 atom stereocenters. The Morgan fingerprint density at radius 2 is 0.533 bits per heavy atom. The van der Waals surface area contributed by atoms with Gasteiger partial charge in [-0.25, -0.2) is 0 Å². The van der Waals surface area contributed by atoms with E-state index in [9.17, 15) is 34.2 Å². The normalized spacial score (nSPS) is 17.0. The fourth-order valence-electron chi connectivity index (χ4n) is 14.9. The van der Waals surface area contributed by atoms with Crippen LogP contribution >= 0.6 is 0 Å². The van der Waals surface area contributed by atoms with Gasteiger partial charge in [-0.2, -0.15) is 0 Å². The van der Waals surface area contributed by atoms with E-state index < -0.39 is 42.5 Å². The predicted octanol–water partition coefficient (Wildman–Crippen LogP) is 25.8. The lowest BCUT2D eigenvalue weighted by molar-refractivity contribution is -0.167. The molecule has 2 rings (SSSR count). The summed E-state index contributed by atoms with van der Waals surface area (Å²) < 4.78 is 41.1. The van der Waals surface area contributed by atoms with Gasteiger partial charge in [0, 0.05) is 38.5 Å². The first kappa shape index (κ1) is 99.7. The van der Waals surface area contributed by atoms with Crippen molar-refractivity contribution < 1.29 is 67.3 Å². The van der Waals surface area contributed by atoms with Crippen LogP contribution in [-0.2, 0) is 57.1 Å². The van der Waals surface area contributed by atoms with Crippen LogP contribution in [0.15, 0.2) is 24.3 Å². The van der Waals surface area contributed by atoms with Gasteiger partial charge < -0.3 is 43.4 Å². The molecule has 2 saturated heterocycles. The van der Waals surface area contributed by atoms with Gasteiger partial charge in [0.25, 0.3) is 0 Å². The molecule has 0 aliphatic carbocycles. The van der Waals surface area contributed by atoms with Crippen molar-refractivity contribution in [3.05, 3.63) is 24.3 Å². The number of aliphatic hydroxyl groups excluding tert-OH is 2. The Hall–Kier alpha value is -3.33. The molecule has 0 aromatic heterocycles.